The molecule has 2 rings (SSSR count). The van der Waals surface area contributed by atoms with Gasteiger partial charge >= 0.3 is 5.97 Å². The van der Waals surface area contributed by atoms with Gasteiger partial charge in [-0.2, -0.15) is 0 Å². The highest BCUT2D eigenvalue weighted by atomic mass is 16.5. The van der Waals surface area contributed by atoms with E-state index in [1.54, 1.807) is 7.05 Å². The van der Waals surface area contributed by atoms with E-state index in [0.29, 0.717) is 18.9 Å². The molecule has 21 heavy (non-hydrogen) atoms. The fraction of sp³-hybridized carbons (Fsp3) is 0.588. The number of hydrogen-bond donors (Lipinski definition) is 2. The first-order valence-corrected chi connectivity index (χ1v) is 7.74. The molecule has 0 heterocycles. The predicted octanol–water partition coefficient (Wildman–Crippen LogP) is 2.78. The Labute approximate surface area is 126 Å². The van der Waals surface area contributed by atoms with E-state index in [9.17, 15) is 9.90 Å². The lowest BCUT2D eigenvalue weighted by molar-refractivity contribution is -0.146. The third kappa shape index (κ3) is 3.83. The lowest BCUT2D eigenvalue weighted by atomic mass is 9.87. The summed E-state index contributed by atoms with van der Waals surface area (Å²) < 4.78 is 5.74. The molecule has 0 radical (unpaired) electrons. The summed E-state index contributed by atoms with van der Waals surface area (Å²) in [7, 11) is 1.69. The van der Waals surface area contributed by atoms with Gasteiger partial charge in [-0.05, 0) is 31.4 Å². The molecular formula is C17H25NO3. The van der Waals surface area contributed by atoms with Crippen LogP contribution in [0.25, 0.3) is 0 Å². The molecule has 0 amide bonds. The van der Waals surface area contributed by atoms with Crippen LogP contribution in [0.15, 0.2) is 30.3 Å². The molecule has 4 nitrogen and oxygen atoms in total. The second-order valence-electron chi connectivity index (χ2n) is 5.80. The second-order valence-corrected chi connectivity index (χ2v) is 5.80. The van der Waals surface area contributed by atoms with E-state index in [4.69, 9.17) is 4.74 Å². The van der Waals surface area contributed by atoms with Crippen molar-refractivity contribution in [2.24, 2.45) is 5.92 Å². The highest BCUT2D eigenvalue weighted by Crippen LogP contribution is 2.27. The number of carbonyl (C=O) groups is 1. The molecule has 1 saturated carbocycles. The molecule has 1 fully saturated rings. The number of likely N-dealkylation sites (N-methyl/N-ethyl adjacent to an activating group) is 1. The quantitative estimate of drug-likeness (QED) is 0.723. The summed E-state index contributed by atoms with van der Waals surface area (Å²) in [6.07, 6.45) is 5.51. The van der Waals surface area contributed by atoms with Gasteiger partial charge in [0.25, 0.3) is 0 Å². The lowest BCUT2D eigenvalue weighted by Crippen LogP contribution is -2.48. The average Bonchev–Trinajstić information content (AvgIpc) is 3.01. The minimum absolute atomic E-state index is 0.426. The van der Waals surface area contributed by atoms with Gasteiger partial charge in [-0.15, -0.1) is 0 Å². The molecule has 1 atom stereocenters. The number of aliphatic carboxylic acids is 1. The van der Waals surface area contributed by atoms with Crippen LogP contribution in [0.5, 0.6) is 0 Å². The number of benzene rings is 1. The van der Waals surface area contributed by atoms with Gasteiger partial charge in [0.1, 0.15) is 5.54 Å². The zero-order valence-electron chi connectivity index (χ0n) is 12.7. The molecule has 0 bridgehead atoms. The fourth-order valence-electron chi connectivity index (χ4n) is 3.13. The van der Waals surface area contributed by atoms with E-state index >= 15 is 0 Å². The van der Waals surface area contributed by atoms with Crippen LogP contribution in [0, 0.1) is 5.92 Å². The molecule has 2 N–H and O–H groups in total. The summed E-state index contributed by atoms with van der Waals surface area (Å²) in [5.41, 5.74) is -0.304. The van der Waals surface area contributed by atoms with Crippen molar-refractivity contribution in [3.8, 4) is 0 Å². The van der Waals surface area contributed by atoms with Crippen LogP contribution >= 0.6 is 0 Å². The Morgan fingerprint density at radius 1 is 1.33 bits per heavy atom. The van der Waals surface area contributed by atoms with E-state index in [2.05, 4.69) is 5.32 Å². The summed E-state index contributed by atoms with van der Waals surface area (Å²) in [6.45, 7) is 1.22. The first-order chi connectivity index (χ1) is 10.2. The molecule has 0 saturated heterocycles. The molecule has 116 valence electrons. The maximum atomic E-state index is 11.8. The van der Waals surface area contributed by atoms with Crippen LogP contribution in [-0.2, 0) is 15.1 Å². The number of carboxylic acids is 1. The Bertz CT molecular complexity index is 443. The zero-order chi connectivity index (χ0) is 15.1. The van der Waals surface area contributed by atoms with Crippen molar-refractivity contribution in [1.82, 2.24) is 5.32 Å². The Morgan fingerprint density at radius 2 is 2.00 bits per heavy atom. The van der Waals surface area contributed by atoms with Crippen LogP contribution in [0.1, 0.15) is 37.7 Å². The second kappa shape index (κ2) is 7.57. The van der Waals surface area contributed by atoms with Gasteiger partial charge in [0.15, 0.2) is 0 Å². The van der Waals surface area contributed by atoms with Gasteiger partial charge < -0.3 is 15.2 Å². The predicted molar refractivity (Wildman–Crippen MR) is 82.2 cm³/mol. The molecule has 0 spiro atoms. The molecule has 1 unspecified atom stereocenters. The Hall–Kier alpha value is -1.39. The molecule has 1 aromatic rings. The fourth-order valence-corrected chi connectivity index (χ4v) is 3.13. The zero-order valence-corrected chi connectivity index (χ0v) is 12.7. The Kier molecular flexibility index (Phi) is 5.76. The molecule has 0 aromatic heterocycles. The first kappa shape index (κ1) is 16.0. The molecular weight excluding hydrogens is 266 g/mol. The van der Waals surface area contributed by atoms with Gasteiger partial charge in [0.2, 0.25) is 0 Å². The molecule has 1 aromatic carbocycles. The van der Waals surface area contributed by atoms with Crippen molar-refractivity contribution in [2.75, 3.05) is 20.3 Å². The largest absolute Gasteiger partial charge is 0.480 e. The van der Waals surface area contributed by atoms with E-state index in [0.717, 1.165) is 12.2 Å². The van der Waals surface area contributed by atoms with Gasteiger partial charge in [-0.1, -0.05) is 43.2 Å². The van der Waals surface area contributed by atoms with Gasteiger partial charge in [-0.25, -0.2) is 4.79 Å². The van der Waals surface area contributed by atoms with Crippen LogP contribution < -0.4 is 5.32 Å². The third-order valence-corrected chi connectivity index (χ3v) is 4.51. The normalized spacial score (nSPS) is 18.5. The van der Waals surface area contributed by atoms with Crippen molar-refractivity contribution in [3.05, 3.63) is 35.9 Å². The standard InChI is InChI=1S/C17H25NO3/c1-18-17(16(19)20,15-9-3-2-4-10-15)11-12-21-13-14-7-5-6-8-14/h2-4,9-10,14,18H,5-8,11-13H2,1H3,(H,19,20). The number of carboxylic acid groups (broad SMARTS) is 1. The smallest absolute Gasteiger partial charge is 0.328 e. The van der Waals surface area contributed by atoms with E-state index in [1.165, 1.54) is 25.7 Å². The van der Waals surface area contributed by atoms with Gasteiger partial charge in [0, 0.05) is 19.6 Å². The van der Waals surface area contributed by atoms with Crippen molar-refractivity contribution in [2.45, 2.75) is 37.6 Å². The minimum Gasteiger partial charge on any atom is -0.480 e. The summed E-state index contributed by atoms with van der Waals surface area (Å²) >= 11 is 0. The summed E-state index contributed by atoms with van der Waals surface area (Å²) in [5.74, 6) is -0.198. The number of nitrogens with one attached hydrogen (secondary N) is 1. The SMILES string of the molecule is CNC(CCOCC1CCCC1)(C(=O)O)c1ccccc1. The van der Waals surface area contributed by atoms with Crippen molar-refractivity contribution < 1.29 is 14.6 Å². The van der Waals surface area contributed by atoms with Crippen LogP contribution in [0.2, 0.25) is 0 Å². The van der Waals surface area contributed by atoms with Crippen LogP contribution in [0.3, 0.4) is 0 Å². The Balaban J connectivity index is 1.95. The van der Waals surface area contributed by atoms with Gasteiger partial charge in [-0.3, -0.25) is 0 Å². The third-order valence-electron chi connectivity index (χ3n) is 4.51. The maximum absolute atomic E-state index is 11.8. The topological polar surface area (TPSA) is 58.6 Å². The number of hydrogen-bond acceptors (Lipinski definition) is 3. The van der Waals surface area contributed by atoms with Crippen molar-refractivity contribution in [1.29, 1.82) is 0 Å². The monoisotopic (exact) mass is 291 g/mol. The van der Waals surface area contributed by atoms with Gasteiger partial charge in [0.05, 0.1) is 0 Å². The highest BCUT2D eigenvalue weighted by Gasteiger charge is 2.38. The average molecular weight is 291 g/mol. The Morgan fingerprint density at radius 3 is 2.57 bits per heavy atom. The number of ether oxygens (including phenoxy) is 1. The summed E-state index contributed by atoms with van der Waals surface area (Å²) in [4.78, 5) is 11.8. The van der Waals surface area contributed by atoms with E-state index < -0.39 is 11.5 Å². The lowest BCUT2D eigenvalue weighted by Gasteiger charge is -2.29. The molecule has 1 aliphatic carbocycles. The van der Waals surface area contributed by atoms with E-state index in [-0.39, 0.29) is 0 Å². The number of rotatable bonds is 8. The molecule has 4 heteroatoms. The first-order valence-electron chi connectivity index (χ1n) is 7.74. The van der Waals surface area contributed by atoms with E-state index in [1.807, 2.05) is 30.3 Å². The maximum Gasteiger partial charge on any atom is 0.328 e. The molecule has 0 aliphatic heterocycles. The minimum atomic E-state index is -1.07. The van der Waals surface area contributed by atoms with Crippen molar-refractivity contribution >= 4 is 5.97 Å². The van der Waals surface area contributed by atoms with Crippen LogP contribution in [-0.4, -0.2) is 31.3 Å². The molecule has 1 aliphatic rings. The summed E-state index contributed by atoms with van der Waals surface area (Å²) in [5, 5.41) is 12.7. The summed E-state index contributed by atoms with van der Waals surface area (Å²) in [6, 6.07) is 9.32. The van der Waals surface area contributed by atoms with Crippen molar-refractivity contribution in [3.63, 3.8) is 0 Å². The van der Waals surface area contributed by atoms with Crippen LogP contribution in [0.4, 0.5) is 0 Å². The highest BCUT2D eigenvalue weighted by molar-refractivity contribution is 5.80.